The molecule has 0 amide bonds. The Morgan fingerprint density at radius 3 is 2.09 bits per heavy atom. The third-order valence-corrected chi connectivity index (χ3v) is 1.47. The monoisotopic (exact) mass is 158 g/mol. The maximum Gasteiger partial charge on any atom is 0.114 e. The topological polar surface area (TPSA) is 29.5 Å². The summed E-state index contributed by atoms with van der Waals surface area (Å²) >= 11 is 0. The van der Waals surface area contributed by atoms with Gasteiger partial charge in [-0.2, -0.15) is 0 Å². The van der Waals surface area contributed by atoms with Gasteiger partial charge in [0, 0.05) is 0 Å². The average Bonchev–Trinajstić information content (AvgIpc) is 1.80. The Labute approximate surface area is 68.8 Å². The molecule has 0 saturated carbocycles. The van der Waals surface area contributed by atoms with Gasteiger partial charge in [-0.25, -0.2) is 4.89 Å². The van der Waals surface area contributed by atoms with E-state index in [-0.39, 0.29) is 11.5 Å². The first kappa shape index (κ1) is 10.7. The van der Waals surface area contributed by atoms with Crippen LogP contribution in [-0.4, -0.2) is 11.4 Å². The van der Waals surface area contributed by atoms with Gasteiger partial charge in [0.2, 0.25) is 0 Å². The van der Waals surface area contributed by atoms with Crippen LogP contribution in [0.25, 0.3) is 0 Å². The summed E-state index contributed by atoms with van der Waals surface area (Å²) in [5, 5.41) is 8.50. The van der Waals surface area contributed by atoms with Crippen molar-refractivity contribution in [1.82, 2.24) is 0 Å². The molecule has 0 saturated heterocycles. The molecule has 1 atom stereocenters. The van der Waals surface area contributed by atoms with Crippen molar-refractivity contribution in [2.24, 2.45) is 5.41 Å². The molecule has 0 aromatic carbocycles. The van der Waals surface area contributed by atoms with Gasteiger partial charge in [-0.1, -0.05) is 27.4 Å². The molecule has 0 rings (SSSR count). The first-order valence-corrected chi connectivity index (χ1v) is 3.82. The third-order valence-electron chi connectivity index (χ3n) is 1.47. The molecule has 0 aromatic rings. The normalized spacial score (nSPS) is 14.6. The number of hydrogen-bond acceptors (Lipinski definition) is 2. The van der Waals surface area contributed by atoms with Gasteiger partial charge >= 0.3 is 0 Å². The van der Waals surface area contributed by atoms with Gasteiger partial charge in [-0.05, 0) is 24.3 Å². The summed E-state index contributed by atoms with van der Waals surface area (Å²) in [6, 6.07) is 0. The molecule has 0 bridgehead atoms. The molecule has 0 spiro atoms. The lowest BCUT2D eigenvalue weighted by Crippen LogP contribution is -2.20. The van der Waals surface area contributed by atoms with Crippen molar-refractivity contribution >= 4 is 0 Å². The van der Waals surface area contributed by atoms with Crippen molar-refractivity contribution in [2.45, 2.75) is 40.2 Å². The quantitative estimate of drug-likeness (QED) is 0.389. The highest BCUT2D eigenvalue weighted by Crippen LogP contribution is 2.24. The van der Waals surface area contributed by atoms with E-state index in [1.54, 1.807) is 0 Å². The van der Waals surface area contributed by atoms with Crippen LogP contribution in [0.1, 0.15) is 34.1 Å². The Morgan fingerprint density at radius 1 is 1.55 bits per heavy atom. The molecule has 0 radical (unpaired) electrons. The molecule has 0 fully saturated rings. The van der Waals surface area contributed by atoms with E-state index in [0.29, 0.717) is 0 Å². The zero-order valence-corrected chi connectivity index (χ0v) is 7.85. The van der Waals surface area contributed by atoms with Gasteiger partial charge in [0.05, 0.1) is 0 Å². The molecule has 11 heavy (non-hydrogen) atoms. The fourth-order valence-electron chi connectivity index (χ4n) is 0.858. The molecule has 2 heteroatoms. The van der Waals surface area contributed by atoms with Crippen LogP contribution < -0.4 is 0 Å². The van der Waals surface area contributed by atoms with Gasteiger partial charge < -0.3 is 0 Å². The van der Waals surface area contributed by atoms with E-state index in [9.17, 15) is 0 Å². The van der Waals surface area contributed by atoms with Crippen molar-refractivity contribution in [2.75, 3.05) is 0 Å². The van der Waals surface area contributed by atoms with Gasteiger partial charge in [0.25, 0.3) is 0 Å². The largest absolute Gasteiger partial charge is 0.251 e. The fourth-order valence-corrected chi connectivity index (χ4v) is 0.858. The van der Waals surface area contributed by atoms with Crippen LogP contribution in [0, 0.1) is 5.41 Å². The van der Waals surface area contributed by atoms with Gasteiger partial charge in [-0.3, -0.25) is 5.26 Å². The Kier molecular flexibility index (Phi) is 3.76. The van der Waals surface area contributed by atoms with Crippen LogP contribution in [0.15, 0.2) is 12.2 Å². The fraction of sp³-hybridized carbons (Fsp3) is 0.778. The summed E-state index contributed by atoms with van der Waals surface area (Å²) in [6.07, 6.45) is 0.564. The highest BCUT2D eigenvalue weighted by atomic mass is 17.1. The summed E-state index contributed by atoms with van der Waals surface area (Å²) in [6.45, 7) is 11.9. The molecular formula is C9H18O2. The first-order valence-electron chi connectivity index (χ1n) is 3.82. The summed E-state index contributed by atoms with van der Waals surface area (Å²) < 4.78 is 0. The molecule has 1 N–H and O–H groups in total. The summed E-state index contributed by atoms with van der Waals surface area (Å²) in [7, 11) is 0. The van der Waals surface area contributed by atoms with E-state index in [1.807, 2.05) is 6.92 Å². The van der Waals surface area contributed by atoms with E-state index < -0.39 is 0 Å². The van der Waals surface area contributed by atoms with E-state index >= 15 is 0 Å². The Balaban J connectivity index is 3.99. The molecule has 0 aliphatic heterocycles. The van der Waals surface area contributed by atoms with Crippen LogP contribution in [0.5, 0.6) is 0 Å². The second kappa shape index (κ2) is 3.88. The lowest BCUT2D eigenvalue weighted by molar-refractivity contribution is -0.273. The maximum atomic E-state index is 8.50. The molecule has 0 aliphatic rings. The minimum absolute atomic E-state index is 0.159. The standard InChI is InChI=1S/C9H18O2/c1-7(2)8(11-10)6-9(3,4)5/h8,10H,1,6H2,2-5H3. The molecular weight excluding hydrogens is 140 g/mol. The maximum absolute atomic E-state index is 8.50. The lowest BCUT2D eigenvalue weighted by atomic mass is 9.87. The molecule has 2 nitrogen and oxygen atoms in total. The second-order valence-corrected chi connectivity index (χ2v) is 4.21. The zero-order valence-electron chi connectivity index (χ0n) is 7.85. The molecule has 1 unspecified atom stereocenters. The first-order chi connectivity index (χ1) is 4.87. The van der Waals surface area contributed by atoms with E-state index in [4.69, 9.17) is 5.26 Å². The predicted molar refractivity (Wildman–Crippen MR) is 46.4 cm³/mol. The van der Waals surface area contributed by atoms with Gasteiger partial charge in [0.15, 0.2) is 0 Å². The van der Waals surface area contributed by atoms with Crippen LogP contribution in [-0.2, 0) is 4.89 Å². The SMILES string of the molecule is C=C(C)C(CC(C)(C)C)OO. The summed E-state index contributed by atoms with van der Waals surface area (Å²) in [4.78, 5) is 4.29. The Bertz CT molecular complexity index is 133. The minimum atomic E-state index is -0.227. The predicted octanol–water partition coefficient (Wildman–Crippen LogP) is 2.86. The highest BCUT2D eigenvalue weighted by molar-refractivity contribution is 4.98. The zero-order chi connectivity index (χ0) is 9.07. The second-order valence-electron chi connectivity index (χ2n) is 4.21. The average molecular weight is 158 g/mol. The smallest absolute Gasteiger partial charge is 0.114 e. The van der Waals surface area contributed by atoms with Gasteiger partial charge in [-0.15, -0.1) is 0 Å². The highest BCUT2D eigenvalue weighted by Gasteiger charge is 2.19. The minimum Gasteiger partial charge on any atom is -0.251 e. The van der Waals surface area contributed by atoms with Crippen molar-refractivity contribution in [3.8, 4) is 0 Å². The molecule has 66 valence electrons. The van der Waals surface area contributed by atoms with E-state index in [1.165, 1.54) is 0 Å². The Morgan fingerprint density at radius 2 is 2.00 bits per heavy atom. The van der Waals surface area contributed by atoms with Crippen molar-refractivity contribution < 1.29 is 10.1 Å². The summed E-state index contributed by atoms with van der Waals surface area (Å²) in [5.74, 6) is 0. The van der Waals surface area contributed by atoms with E-state index in [0.717, 1.165) is 12.0 Å². The molecule has 0 heterocycles. The van der Waals surface area contributed by atoms with Crippen molar-refractivity contribution in [3.63, 3.8) is 0 Å². The summed E-state index contributed by atoms with van der Waals surface area (Å²) in [5.41, 5.74) is 1.02. The van der Waals surface area contributed by atoms with E-state index in [2.05, 4.69) is 32.2 Å². The lowest BCUT2D eigenvalue weighted by Gasteiger charge is -2.23. The van der Waals surface area contributed by atoms with Gasteiger partial charge in [0.1, 0.15) is 6.10 Å². The van der Waals surface area contributed by atoms with Crippen LogP contribution >= 0.6 is 0 Å². The number of rotatable bonds is 3. The third kappa shape index (κ3) is 4.99. The van der Waals surface area contributed by atoms with Crippen molar-refractivity contribution in [3.05, 3.63) is 12.2 Å². The number of hydrogen-bond donors (Lipinski definition) is 1. The van der Waals surface area contributed by atoms with Crippen LogP contribution in [0.3, 0.4) is 0 Å². The van der Waals surface area contributed by atoms with Crippen LogP contribution in [0.4, 0.5) is 0 Å². The van der Waals surface area contributed by atoms with Crippen molar-refractivity contribution in [1.29, 1.82) is 0 Å². The molecule has 0 aliphatic carbocycles. The molecule has 0 aromatic heterocycles. The van der Waals surface area contributed by atoms with Crippen LogP contribution in [0.2, 0.25) is 0 Å². The Hall–Kier alpha value is -0.340.